The summed E-state index contributed by atoms with van der Waals surface area (Å²) in [5, 5.41) is 14.2. The van der Waals surface area contributed by atoms with Gasteiger partial charge in [-0.1, -0.05) is 13.0 Å². The van der Waals surface area contributed by atoms with Gasteiger partial charge in [0.1, 0.15) is 5.75 Å². The van der Waals surface area contributed by atoms with Crippen molar-refractivity contribution in [2.75, 3.05) is 17.2 Å². The Labute approximate surface area is 129 Å². The highest BCUT2D eigenvalue weighted by atomic mass is 16.5. The van der Waals surface area contributed by atoms with Crippen molar-refractivity contribution in [3.8, 4) is 11.8 Å². The van der Waals surface area contributed by atoms with Gasteiger partial charge in [-0.15, -0.1) is 0 Å². The Morgan fingerprint density at radius 3 is 2.55 bits per heavy atom. The molecule has 5 nitrogen and oxygen atoms in total. The third-order valence-electron chi connectivity index (χ3n) is 2.83. The van der Waals surface area contributed by atoms with Crippen LogP contribution in [0.3, 0.4) is 0 Å². The standard InChI is InChI=1S/C17H17N3O2/c1-2-10-22-16-8-6-14(7-9-16)19-17(21)20-15-5-3-4-13(11-15)12-18/h3-9,11H,2,10H2,1H3,(H2,19,20,21). The van der Waals surface area contributed by atoms with Gasteiger partial charge in [0, 0.05) is 11.4 Å². The summed E-state index contributed by atoms with van der Waals surface area (Å²) < 4.78 is 5.48. The summed E-state index contributed by atoms with van der Waals surface area (Å²) in [5.41, 5.74) is 1.73. The highest BCUT2D eigenvalue weighted by Crippen LogP contribution is 2.16. The number of anilines is 2. The predicted molar refractivity (Wildman–Crippen MR) is 86.0 cm³/mol. The monoisotopic (exact) mass is 295 g/mol. The zero-order valence-corrected chi connectivity index (χ0v) is 12.3. The van der Waals surface area contributed by atoms with Crippen molar-refractivity contribution in [1.29, 1.82) is 5.26 Å². The Bertz CT molecular complexity index is 675. The van der Waals surface area contributed by atoms with Gasteiger partial charge < -0.3 is 15.4 Å². The van der Waals surface area contributed by atoms with Crippen LogP contribution in [0.2, 0.25) is 0 Å². The first-order chi connectivity index (χ1) is 10.7. The first-order valence-corrected chi connectivity index (χ1v) is 7.02. The zero-order chi connectivity index (χ0) is 15.8. The van der Waals surface area contributed by atoms with E-state index in [0.717, 1.165) is 12.2 Å². The van der Waals surface area contributed by atoms with E-state index in [1.54, 1.807) is 36.4 Å². The van der Waals surface area contributed by atoms with Crippen molar-refractivity contribution in [3.63, 3.8) is 0 Å². The molecular weight excluding hydrogens is 278 g/mol. The van der Waals surface area contributed by atoms with Crippen LogP contribution >= 0.6 is 0 Å². The van der Waals surface area contributed by atoms with E-state index in [9.17, 15) is 4.79 Å². The van der Waals surface area contributed by atoms with Gasteiger partial charge in [0.2, 0.25) is 0 Å². The number of benzene rings is 2. The fourth-order valence-electron chi connectivity index (χ4n) is 1.81. The Hall–Kier alpha value is -3.00. The molecule has 2 amide bonds. The minimum atomic E-state index is -0.364. The number of carbonyl (C=O) groups excluding carboxylic acids is 1. The molecule has 0 saturated heterocycles. The highest BCUT2D eigenvalue weighted by Gasteiger charge is 2.03. The number of hydrogen-bond acceptors (Lipinski definition) is 3. The fourth-order valence-corrected chi connectivity index (χ4v) is 1.81. The van der Waals surface area contributed by atoms with Gasteiger partial charge in [-0.3, -0.25) is 0 Å². The van der Waals surface area contributed by atoms with E-state index >= 15 is 0 Å². The molecule has 0 aliphatic rings. The summed E-state index contributed by atoms with van der Waals surface area (Å²) in [5.74, 6) is 0.773. The molecule has 2 rings (SSSR count). The maximum absolute atomic E-state index is 11.9. The Balaban J connectivity index is 1.92. The van der Waals surface area contributed by atoms with E-state index in [1.807, 2.05) is 25.1 Å². The van der Waals surface area contributed by atoms with Crippen molar-refractivity contribution < 1.29 is 9.53 Å². The molecule has 0 fully saturated rings. The van der Waals surface area contributed by atoms with Gasteiger partial charge in [0.25, 0.3) is 0 Å². The van der Waals surface area contributed by atoms with Gasteiger partial charge in [0.15, 0.2) is 0 Å². The van der Waals surface area contributed by atoms with Crippen molar-refractivity contribution in [1.82, 2.24) is 0 Å². The molecule has 0 aliphatic heterocycles. The van der Waals surface area contributed by atoms with E-state index in [4.69, 9.17) is 10.00 Å². The lowest BCUT2D eigenvalue weighted by atomic mass is 10.2. The lowest BCUT2D eigenvalue weighted by Gasteiger charge is -2.09. The number of urea groups is 1. The lowest BCUT2D eigenvalue weighted by Crippen LogP contribution is -2.19. The van der Waals surface area contributed by atoms with E-state index in [2.05, 4.69) is 10.6 Å². The van der Waals surface area contributed by atoms with Crippen LogP contribution in [0.4, 0.5) is 16.2 Å². The molecule has 0 atom stereocenters. The van der Waals surface area contributed by atoms with Crippen LogP contribution in [0, 0.1) is 11.3 Å². The molecule has 2 N–H and O–H groups in total. The second kappa shape index (κ2) is 7.70. The molecule has 5 heteroatoms. The Morgan fingerprint density at radius 1 is 1.14 bits per heavy atom. The van der Waals surface area contributed by atoms with Crippen LogP contribution in [-0.4, -0.2) is 12.6 Å². The van der Waals surface area contributed by atoms with Crippen LogP contribution in [-0.2, 0) is 0 Å². The highest BCUT2D eigenvalue weighted by molar-refractivity contribution is 5.99. The summed E-state index contributed by atoms with van der Waals surface area (Å²) in [6.45, 7) is 2.71. The summed E-state index contributed by atoms with van der Waals surface area (Å²) in [4.78, 5) is 11.9. The summed E-state index contributed by atoms with van der Waals surface area (Å²) in [7, 11) is 0. The van der Waals surface area contributed by atoms with E-state index in [-0.39, 0.29) is 6.03 Å². The molecule has 0 bridgehead atoms. The lowest BCUT2D eigenvalue weighted by molar-refractivity contribution is 0.262. The average Bonchev–Trinajstić information content (AvgIpc) is 2.54. The molecule has 2 aromatic rings. The van der Waals surface area contributed by atoms with Crippen LogP contribution in [0.5, 0.6) is 5.75 Å². The number of rotatable bonds is 5. The molecule has 0 spiro atoms. The topological polar surface area (TPSA) is 74.2 Å². The van der Waals surface area contributed by atoms with Crippen LogP contribution in [0.25, 0.3) is 0 Å². The van der Waals surface area contributed by atoms with Gasteiger partial charge in [0.05, 0.1) is 18.2 Å². The molecule has 0 heterocycles. The second-order valence-corrected chi connectivity index (χ2v) is 4.64. The maximum Gasteiger partial charge on any atom is 0.323 e. The number of nitriles is 1. The molecule has 0 radical (unpaired) electrons. The SMILES string of the molecule is CCCOc1ccc(NC(=O)Nc2cccc(C#N)c2)cc1. The second-order valence-electron chi connectivity index (χ2n) is 4.64. The quantitative estimate of drug-likeness (QED) is 0.875. The van der Waals surface area contributed by atoms with Crippen molar-refractivity contribution in [2.24, 2.45) is 0 Å². The molecule has 0 aromatic heterocycles. The van der Waals surface area contributed by atoms with Gasteiger partial charge in [-0.2, -0.15) is 5.26 Å². The maximum atomic E-state index is 11.9. The van der Waals surface area contributed by atoms with Gasteiger partial charge in [-0.05, 0) is 48.9 Å². The molecule has 0 saturated carbocycles. The van der Waals surface area contributed by atoms with Crippen molar-refractivity contribution in [2.45, 2.75) is 13.3 Å². The molecule has 112 valence electrons. The fraction of sp³-hybridized carbons (Fsp3) is 0.176. The minimum Gasteiger partial charge on any atom is -0.494 e. The summed E-state index contributed by atoms with van der Waals surface area (Å²) >= 11 is 0. The van der Waals surface area contributed by atoms with E-state index in [1.165, 1.54) is 0 Å². The normalized spacial score (nSPS) is 9.64. The number of amides is 2. The third kappa shape index (κ3) is 4.53. The average molecular weight is 295 g/mol. The number of nitrogens with one attached hydrogen (secondary N) is 2. The van der Waals surface area contributed by atoms with Crippen LogP contribution in [0.15, 0.2) is 48.5 Å². The first kappa shape index (κ1) is 15.4. The van der Waals surface area contributed by atoms with Gasteiger partial charge in [-0.25, -0.2) is 4.79 Å². The van der Waals surface area contributed by atoms with Gasteiger partial charge >= 0.3 is 6.03 Å². The summed E-state index contributed by atoms with van der Waals surface area (Å²) in [6, 6.07) is 15.6. The van der Waals surface area contributed by atoms with Crippen molar-refractivity contribution in [3.05, 3.63) is 54.1 Å². The third-order valence-corrected chi connectivity index (χ3v) is 2.83. The Kier molecular flexibility index (Phi) is 5.38. The van der Waals surface area contributed by atoms with Crippen LogP contribution in [0.1, 0.15) is 18.9 Å². The minimum absolute atomic E-state index is 0.364. The zero-order valence-electron chi connectivity index (χ0n) is 12.3. The smallest absolute Gasteiger partial charge is 0.323 e. The predicted octanol–water partition coefficient (Wildman–Crippen LogP) is 3.99. The van der Waals surface area contributed by atoms with E-state index in [0.29, 0.717) is 23.5 Å². The largest absolute Gasteiger partial charge is 0.494 e. The Morgan fingerprint density at radius 2 is 1.86 bits per heavy atom. The molecule has 0 aliphatic carbocycles. The number of nitrogens with zero attached hydrogens (tertiary/aromatic N) is 1. The van der Waals surface area contributed by atoms with E-state index < -0.39 is 0 Å². The molecule has 22 heavy (non-hydrogen) atoms. The molecule has 2 aromatic carbocycles. The number of hydrogen-bond donors (Lipinski definition) is 2. The molecule has 0 unspecified atom stereocenters. The number of ether oxygens (including phenoxy) is 1. The van der Waals surface area contributed by atoms with Crippen LogP contribution < -0.4 is 15.4 Å². The van der Waals surface area contributed by atoms with Crippen molar-refractivity contribution >= 4 is 17.4 Å². The summed E-state index contributed by atoms with van der Waals surface area (Å²) in [6.07, 6.45) is 0.949. The molecular formula is C17H17N3O2. The number of carbonyl (C=O) groups is 1. The first-order valence-electron chi connectivity index (χ1n) is 7.02.